The molecule has 3 aromatic rings. The van der Waals surface area contributed by atoms with E-state index < -0.39 is 0 Å². The smallest absolute Gasteiger partial charge is 0.226 e. The van der Waals surface area contributed by atoms with Crippen molar-refractivity contribution < 1.29 is 14.4 Å². The number of nitrogens with one attached hydrogen (secondary N) is 2. The summed E-state index contributed by atoms with van der Waals surface area (Å²) in [5.41, 5.74) is 1.91. The number of rotatable bonds is 7. The summed E-state index contributed by atoms with van der Waals surface area (Å²) in [5.74, 6) is -0.445. The second-order valence-electron chi connectivity index (χ2n) is 7.25. The lowest BCUT2D eigenvalue weighted by atomic mass is 10.0. The van der Waals surface area contributed by atoms with Gasteiger partial charge in [0.05, 0.1) is 0 Å². The van der Waals surface area contributed by atoms with Crippen LogP contribution in [0.2, 0.25) is 0 Å². The highest BCUT2D eigenvalue weighted by Gasteiger charge is 2.11. The molecule has 0 aliphatic carbocycles. The molecule has 0 atom stereocenters. The largest absolute Gasteiger partial charge is 0.326 e. The minimum atomic E-state index is -0.224. The number of ketones is 1. The van der Waals surface area contributed by atoms with Crippen molar-refractivity contribution in [3.8, 4) is 0 Å². The molecule has 148 valence electrons. The maximum Gasteiger partial charge on any atom is 0.226 e. The lowest BCUT2D eigenvalue weighted by Crippen LogP contribution is -2.17. The lowest BCUT2D eigenvalue weighted by molar-refractivity contribution is -0.119. The molecule has 2 N–H and O–H groups in total. The molecule has 0 radical (unpaired) electrons. The minimum Gasteiger partial charge on any atom is -0.326 e. The maximum absolute atomic E-state index is 12.4. The van der Waals surface area contributed by atoms with Crippen LogP contribution in [-0.2, 0) is 9.59 Å². The van der Waals surface area contributed by atoms with Crippen LogP contribution in [0, 0.1) is 5.92 Å². The van der Waals surface area contributed by atoms with Crippen molar-refractivity contribution in [3.05, 3.63) is 72.3 Å². The van der Waals surface area contributed by atoms with Crippen LogP contribution in [0.4, 0.5) is 11.4 Å². The summed E-state index contributed by atoms with van der Waals surface area (Å²) >= 11 is 0. The van der Waals surface area contributed by atoms with E-state index in [-0.39, 0.29) is 36.4 Å². The van der Waals surface area contributed by atoms with Crippen LogP contribution in [-0.4, -0.2) is 17.6 Å². The summed E-state index contributed by atoms with van der Waals surface area (Å²) in [6.07, 6.45) is 0.254. The van der Waals surface area contributed by atoms with Gasteiger partial charge in [-0.25, -0.2) is 0 Å². The van der Waals surface area contributed by atoms with Crippen LogP contribution in [0.5, 0.6) is 0 Å². The van der Waals surface area contributed by atoms with Crippen molar-refractivity contribution in [2.24, 2.45) is 5.92 Å². The van der Waals surface area contributed by atoms with Crippen molar-refractivity contribution in [2.75, 3.05) is 10.6 Å². The molecule has 0 saturated carbocycles. The van der Waals surface area contributed by atoms with Gasteiger partial charge in [0.2, 0.25) is 11.8 Å². The number of anilines is 2. The first-order chi connectivity index (χ1) is 13.9. The first-order valence-electron chi connectivity index (χ1n) is 9.65. The van der Waals surface area contributed by atoms with Crippen LogP contribution in [0.3, 0.4) is 0 Å². The van der Waals surface area contributed by atoms with Gasteiger partial charge in [0, 0.05) is 35.7 Å². The molecule has 3 aromatic carbocycles. The molecular weight excluding hydrogens is 364 g/mol. The van der Waals surface area contributed by atoms with E-state index in [1.54, 1.807) is 30.3 Å². The van der Waals surface area contributed by atoms with Crippen LogP contribution in [0.1, 0.15) is 37.0 Å². The maximum atomic E-state index is 12.4. The Balaban J connectivity index is 1.52. The normalized spacial score (nSPS) is 10.7. The van der Waals surface area contributed by atoms with Crippen LogP contribution in [0.15, 0.2) is 66.7 Å². The van der Waals surface area contributed by atoms with E-state index in [1.807, 2.05) is 50.2 Å². The minimum absolute atomic E-state index is 0.0577. The third-order valence-corrected chi connectivity index (χ3v) is 4.61. The van der Waals surface area contributed by atoms with Gasteiger partial charge in [0.25, 0.3) is 0 Å². The Morgan fingerprint density at radius 3 is 2.03 bits per heavy atom. The summed E-state index contributed by atoms with van der Waals surface area (Å²) in [6, 6.07) is 20.3. The fraction of sp³-hybridized carbons (Fsp3) is 0.208. The Kier molecular flexibility index (Phi) is 6.39. The Hall–Kier alpha value is -3.47. The molecule has 5 heteroatoms. The van der Waals surface area contributed by atoms with Crippen molar-refractivity contribution in [1.29, 1.82) is 0 Å². The van der Waals surface area contributed by atoms with Gasteiger partial charge in [-0.05, 0) is 41.1 Å². The molecule has 29 heavy (non-hydrogen) atoms. The van der Waals surface area contributed by atoms with E-state index >= 15 is 0 Å². The number of carbonyl (C=O) groups excluding carboxylic acids is 3. The van der Waals surface area contributed by atoms with Gasteiger partial charge in [-0.15, -0.1) is 0 Å². The Morgan fingerprint density at radius 2 is 1.38 bits per heavy atom. The Bertz CT molecular complexity index is 1040. The van der Waals surface area contributed by atoms with Crippen molar-refractivity contribution in [1.82, 2.24) is 0 Å². The van der Waals surface area contributed by atoms with Crippen molar-refractivity contribution >= 4 is 39.7 Å². The third kappa shape index (κ3) is 5.51. The second kappa shape index (κ2) is 9.15. The lowest BCUT2D eigenvalue weighted by Gasteiger charge is -2.09. The van der Waals surface area contributed by atoms with E-state index in [0.29, 0.717) is 16.9 Å². The predicted octanol–water partition coefficient (Wildman–Crippen LogP) is 5.04. The highest BCUT2D eigenvalue weighted by Crippen LogP contribution is 2.18. The third-order valence-electron chi connectivity index (χ3n) is 4.61. The van der Waals surface area contributed by atoms with Crippen molar-refractivity contribution in [3.63, 3.8) is 0 Å². The molecule has 0 spiro atoms. The zero-order valence-corrected chi connectivity index (χ0v) is 16.6. The van der Waals surface area contributed by atoms with Gasteiger partial charge in [-0.1, -0.05) is 50.2 Å². The van der Waals surface area contributed by atoms with E-state index in [9.17, 15) is 14.4 Å². The van der Waals surface area contributed by atoms with Gasteiger partial charge in [0.1, 0.15) is 0 Å². The topological polar surface area (TPSA) is 75.3 Å². The number of hydrogen-bond donors (Lipinski definition) is 2. The number of Topliss-reactive ketones (excluding diaryl/α,β-unsaturated/α-hetero) is 1. The predicted molar refractivity (Wildman–Crippen MR) is 116 cm³/mol. The summed E-state index contributed by atoms with van der Waals surface area (Å²) in [4.78, 5) is 36.3. The Labute approximate surface area is 170 Å². The molecule has 3 rings (SSSR count). The van der Waals surface area contributed by atoms with Gasteiger partial charge in [-0.2, -0.15) is 0 Å². The molecule has 2 amide bonds. The number of hydrogen-bond acceptors (Lipinski definition) is 3. The summed E-state index contributed by atoms with van der Waals surface area (Å²) < 4.78 is 0. The first-order valence-corrected chi connectivity index (χ1v) is 9.65. The molecule has 0 heterocycles. The number of fused-ring (bicyclic) bond motifs is 1. The number of benzene rings is 3. The first kappa shape index (κ1) is 20.3. The van der Waals surface area contributed by atoms with Gasteiger partial charge >= 0.3 is 0 Å². The number of carbonyl (C=O) groups is 3. The monoisotopic (exact) mass is 388 g/mol. The fourth-order valence-electron chi connectivity index (χ4n) is 2.88. The molecule has 0 saturated heterocycles. The zero-order chi connectivity index (χ0) is 20.8. The van der Waals surface area contributed by atoms with E-state index in [4.69, 9.17) is 0 Å². The molecule has 0 bridgehead atoms. The van der Waals surface area contributed by atoms with E-state index in [1.165, 1.54) is 0 Å². The van der Waals surface area contributed by atoms with Crippen molar-refractivity contribution in [2.45, 2.75) is 26.7 Å². The SMILES string of the molecule is CC(C)C(=O)Nc1ccc(NC(=O)CCC(=O)c2ccc3ccccc3c2)cc1. The average Bonchev–Trinajstić information content (AvgIpc) is 2.73. The van der Waals surface area contributed by atoms with Crippen LogP contribution >= 0.6 is 0 Å². The molecular formula is C24H24N2O3. The summed E-state index contributed by atoms with van der Waals surface area (Å²) in [6.45, 7) is 3.65. The number of amides is 2. The standard InChI is InChI=1S/C24H24N2O3/c1-16(2)24(29)26-21-11-9-20(10-12-21)25-23(28)14-13-22(27)19-8-7-17-5-3-4-6-18(17)15-19/h3-12,15-16H,13-14H2,1-2H3,(H,25,28)(H,26,29). The molecule has 0 fully saturated rings. The summed E-state index contributed by atoms with van der Waals surface area (Å²) in [5, 5.41) is 7.66. The molecule has 5 nitrogen and oxygen atoms in total. The van der Waals surface area contributed by atoms with Crippen LogP contribution in [0.25, 0.3) is 10.8 Å². The highest BCUT2D eigenvalue weighted by atomic mass is 16.2. The molecule has 0 aromatic heterocycles. The highest BCUT2D eigenvalue weighted by molar-refractivity contribution is 6.02. The van der Waals surface area contributed by atoms with Gasteiger partial charge < -0.3 is 10.6 Å². The van der Waals surface area contributed by atoms with E-state index in [2.05, 4.69) is 10.6 Å². The average molecular weight is 388 g/mol. The van der Waals surface area contributed by atoms with E-state index in [0.717, 1.165) is 10.8 Å². The quantitative estimate of drug-likeness (QED) is 0.557. The Morgan fingerprint density at radius 1 is 0.759 bits per heavy atom. The second-order valence-corrected chi connectivity index (χ2v) is 7.25. The fourth-order valence-corrected chi connectivity index (χ4v) is 2.88. The van der Waals surface area contributed by atoms with Gasteiger partial charge in [0.15, 0.2) is 5.78 Å². The molecule has 0 aliphatic rings. The molecule has 0 unspecified atom stereocenters. The zero-order valence-electron chi connectivity index (χ0n) is 16.6. The van der Waals surface area contributed by atoms with Gasteiger partial charge in [-0.3, -0.25) is 14.4 Å². The summed E-state index contributed by atoms with van der Waals surface area (Å²) in [7, 11) is 0. The van der Waals surface area contributed by atoms with Crippen LogP contribution < -0.4 is 10.6 Å². The molecule has 0 aliphatic heterocycles.